The fraction of sp³-hybridized carbons (Fsp3) is 0.167. The Kier molecular flexibility index (Phi) is 6.15. The normalized spacial score (nSPS) is 12.8. The van der Waals surface area contributed by atoms with Crippen LogP contribution in [0.1, 0.15) is 21.5 Å². The molecule has 1 heterocycles. The molecule has 0 saturated heterocycles. The van der Waals surface area contributed by atoms with Crippen LogP contribution in [-0.4, -0.2) is 33.4 Å². The lowest BCUT2D eigenvalue weighted by atomic mass is 10.2. The molecular weight excluding hydrogens is 447 g/mol. The molecule has 0 saturated carbocycles. The number of hydrogen-bond acceptors (Lipinski definition) is 5. The average Bonchev–Trinajstić information content (AvgIpc) is 3.21. The van der Waals surface area contributed by atoms with E-state index in [1.54, 1.807) is 17.0 Å². The van der Waals surface area contributed by atoms with E-state index in [2.05, 4.69) is 4.72 Å². The van der Waals surface area contributed by atoms with Crippen LogP contribution in [0.4, 0.5) is 15.8 Å². The number of nitrogens with one attached hydrogen (secondary N) is 1. The van der Waals surface area contributed by atoms with Crippen LogP contribution in [0.25, 0.3) is 0 Å². The molecule has 0 atom stereocenters. The van der Waals surface area contributed by atoms with Crippen LogP contribution in [0.2, 0.25) is 0 Å². The summed E-state index contributed by atoms with van der Waals surface area (Å²) in [5.74, 6) is -1.76. The van der Waals surface area contributed by atoms with Crippen LogP contribution in [0.3, 0.4) is 0 Å². The van der Waals surface area contributed by atoms with Gasteiger partial charge in [-0.25, -0.2) is 17.6 Å². The van der Waals surface area contributed by atoms with Gasteiger partial charge in [0.25, 0.3) is 15.9 Å². The van der Waals surface area contributed by atoms with Gasteiger partial charge in [0.1, 0.15) is 5.82 Å². The predicted molar refractivity (Wildman–Crippen MR) is 121 cm³/mol. The molecule has 1 N–H and O–H groups in total. The molecule has 33 heavy (non-hydrogen) atoms. The van der Waals surface area contributed by atoms with Crippen LogP contribution < -0.4 is 9.62 Å². The zero-order chi connectivity index (χ0) is 23.6. The summed E-state index contributed by atoms with van der Waals surface area (Å²) >= 11 is 0. The molecule has 3 aromatic carbocycles. The highest BCUT2D eigenvalue weighted by atomic mass is 32.2. The first-order chi connectivity index (χ1) is 15.8. The molecule has 4 rings (SSSR count). The van der Waals surface area contributed by atoms with E-state index in [4.69, 9.17) is 4.74 Å². The molecular formula is C24H21FN2O5S. The number of carbonyl (C=O) groups is 2. The highest BCUT2D eigenvalue weighted by Crippen LogP contribution is 2.28. The Morgan fingerprint density at radius 1 is 1.06 bits per heavy atom. The highest BCUT2D eigenvalue weighted by molar-refractivity contribution is 7.92. The Morgan fingerprint density at radius 3 is 2.58 bits per heavy atom. The second-order valence-electron chi connectivity index (χ2n) is 7.56. The molecule has 0 aliphatic carbocycles. The standard InChI is InChI=1S/C24H21FN2O5S/c1-16-14-18(25)10-11-22(16)33(30,31)26-20-8-4-3-7-19(20)24(29)32-15-23(28)27-13-12-17-6-2-5-9-21(17)27/h2-11,14,26H,12-13,15H2,1H3. The number of esters is 1. The molecule has 0 radical (unpaired) electrons. The van der Waals surface area contributed by atoms with Gasteiger partial charge in [-0.15, -0.1) is 0 Å². The van der Waals surface area contributed by atoms with Gasteiger partial charge in [-0.05, 0) is 60.9 Å². The number of nitrogens with zero attached hydrogens (tertiary/aromatic N) is 1. The van der Waals surface area contributed by atoms with Gasteiger partial charge in [-0.1, -0.05) is 30.3 Å². The first-order valence-corrected chi connectivity index (χ1v) is 11.7. The van der Waals surface area contributed by atoms with Gasteiger partial charge in [-0.2, -0.15) is 0 Å². The SMILES string of the molecule is Cc1cc(F)ccc1S(=O)(=O)Nc1ccccc1C(=O)OCC(=O)N1CCc2ccccc21. The van der Waals surface area contributed by atoms with Crippen LogP contribution >= 0.6 is 0 Å². The summed E-state index contributed by atoms with van der Waals surface area (Å²) in [6.45, 7) is 1.49. The van der Waals surface area contributed by atoms with Gasteiger partial charge in [-0.3, -0.25) is 9.52 Å². The smallest absolute Gasteiger partial charge is 0.340 e. The van der Waals surface area contributed by atoms with Gasteiger partial charge in [0.2, 0.25) is 0 Å². The number of amides is 1. The van der Waals surface area contributed by atoms with E-state index in [1.807, 2.05) is 24.3 Å². The summed E-state index contributed by atoms with van der Waals surface area (Å²) in [6, 6.07) is 16.7. The molecule has 1 aliphatic rings. The minimum Gasteiger partial charge on any atom is -0.452 e. The van der Waals surface area contributed by atoms with E-state index in [9.17, 15) is 22.4 Å². The molecule has 0 bridgehead atoms. The number of para-hydroxylation sites is 2. The first-order valence-electron chi connectivity index (χ1n) is 10.2. The maximum atomic E-state index is 13.4. The Bertz CT molecular complexity index is 1340. The number of ether oxygens (including phenoxy) is 1. The van der Waals surface area contributed by atoms with Gasteiger partial charge in [0.15, 0.2) is 6.61 Å². The van der Waals surface area contributed by atoms with Crippen molar-refractivity contribution in [2.24, 2.45) is 0 Å². The topological polar surface area (TPSA) is 92.8 Å². The van der Waals surface area contributed by atoms with Crippen molar-refractivity contribution in [1.29, 1.82) is 0 Å². The third-order valence-electron chi connectivity index (χ3n) is 5.33. The summed E-state index contributed by atoms with van der Waals surface area (Å²) in [7, 11) is -4.09. The summed E-state index contributed by atoms with van der Waals surface area (Å²) in [5, 5.41) is 0. The third kappa shape index (κ3) is 4.73. The Morgan fingerprint density at radius 2 is 1.79 bits per heavy atom. The van der Waals surface area contributed by atoms with E-state index < -0.39 is 28.4 Å². The second-order valence-corrected chi connectivity index (χ2v) is 9.21. The summed E-state index contributed by atoms with van der Waals surface area (Å²) in [6.07, 6.45) is 0.725. The molecule has 1 amide bonds. The Labute approximate surface area is 190 Å². The number of carbonyl (C=O) groups excluding carboxylic acids is 2. The Hall–Kier alpha value is -3.72. The van der Waals surface area contributed by atoms with Crippen molar-refractivity contribution in [3.05, 3.63) is 89.2 Å². The zero-order valence-electron chi connectivity index (χ0n) is 17.7. The molecule has 7 nitrogen and oxygen atoms in total. The quantitative estimate of drug-likeness (QED) is 0.557. The molecule has 1 aliphatic heterocycles. The minimum atomic E-state index is -4.09. The summed E-state index contributed by atoms with van der Waals surface area (Å²) in [5.41, 5.74) is 2.01. The van der Waals surface area contributed by atoms with Gasteiger partial charge < -0.3 is 9.64 Å². The molecule has 9 heteroatoms. The van der Waals surface area contributed by atoms with Crippen LogP contribution in [0.15, 0.2) is 71.6 Å². The number of aryl methyl sites for hydroxylation is 1. The first kappa shape index (κ1) is 22.5. The average molecular weight is 469 g/mol. The Balaban J connectivity index is 1.48. The lowest BCUT2D eigenvalue weighted by Crippen LogP contribution is -2.33. The number of sulfonamides is 1. The second kappa shape index (κ2) is 9.03. The molecule has 0 fully saturated rings. The van der Waals surface area contributed by atoms with Gasteiger partial charge in [0.05, 0.1) is 16.1 Å². The van der Waals surface area contributed by atoms with Crippen molar-refractivity contribution < 1.29 is 27.1 Å². The van der Waals surface area contributed by atoms with Crippen molar-refractivity contribution in [2.75, 3.05) is 22.8 Å². The molecule has 170 valence electrons. The summed E-state index contributed by atoms with van der Waals surface area (Å²) in [4.78, 5) is 26.7. The van der Waals surface area contributed by atoms with E-state index in [0.29, 0.717) is 6.54 Å². The number of benzene rings is 3. The minimum absolute atomic E-state index is 0.00908. The van der Waals surface area contributed by atoms with Gasteiger partial charge >= 0.3 is 5.97 Å². The molecule has 3 aromatic rings. The molecule has 0 spiro atoms. The van der Waals surface area contributed by atoms with Crippen LogP contribution in [-0.2, 0) is 26.0 Å². The highest BCUT2D eigenvalue weighted by Gasteiger charge is 2.26. The monoisotopic (exact) mass is 468 g/mol. The fourth-order valence-electron chi connectivity index (χ4n) is 3.74. The van der Waals surface area contributed by atoms with Gasteiger partial charge in [0, 0.05) is 12.2 Å². The third-order valence-corrected chi connectivity index (χ3v) is 6.86. The molecule has 0 aromatic heterocycles. The van der Waals surface area contributed by atoms with E-state index in [1.165, 1.54) is 19.1 Å². The molecule has 0 unspecified atom stereocenters. The van der Waals surface area contributed by atoms with Crippen molar-refractivity contribution in [1.82, 2.24) is 0 Å². The van der Waals surface area contributed by atoms with E-state index in [0.717, 1.165) is 35.9 Å². The van der Waals surface area contributed by atoms with Crippen molar-refractivity contribution >= 4 is 33.3 Å². The van der Waals surface area contributed by atoms with Crippen LogP contribution in [0.5, 0.6) is 0 Å². The van der Waals surface area contributed by atoms with E-state index in [-0.39, 0.29) is 27.6 Å². The number of halogens is 1. The summed E-state index contributed by atoms with van der Waals surface area (Å²) < 4.78 is 46.6. The maximum absolute atomic E-state index is 13.4. The van der Waals surface area contributed by atoms with E-state index >= 15 is 0 Å². The lowest BCUT2D eigenvalue weighted by Gasteiger charge is -2.17. The predicted octanol–water partition coefficient (Wildman–Crippen LogP) is 3.68. The van der Waals surface area contributed by atoms with Crippen molar-refractivity contribution in [2.45, 2.75) is 18.2 Å². The van der Waals surface area contributed by atoms with Crippen LogP contribution in [0, 0.1) is 12.7 Å². The maximum Gasteiger partial charge on any atom is 0.340 e. The number of rotatable bonds is 6. The number of hydrogen-bond donors (Lipinski definition) is 1. The lowest BCUT2D eigenvalue weighted by molar-refractivity contribution is -0.121. The van der Waals surface area contributed by atoms with Crippen molar-refractivity contribution in [3.63, 3.8) is 0 Å². The fourth-order valence-corrected chi connectivity index (χ4v) is 5.05. The largest absolute Gasteiger partial charge is 0.452 e. The number of fused-ring (bicyclic) bond motifs is 1. The zero-order valence-corrected chi connectivity index (χ0v) is 18.6. The van der Waals surface area contributed by atoms with Crippen molar-refractivity contribution in [3.8, 4) is 0 Å². The number of anilines is 2.